The maximum Gasteiger partial charge on any atom is 0.0540 e. The first-order chi connectivity index (χ1) is 19.6. The van der Waals surface area contributed by atoms with Gasteiger partial charge < -0.3 is 4.57 Å². The highest BCUT2D eigenvalue weighted by atomic mass is 15.0. The molecule has 4 aromatic carbocycles. The largest absolute Gasteiger partial charge is 0.313 e. The first-order valence-corrected chi connectivity index (χ1v) is 14.5. The molecule has 0 aliphatic heterocycles. The Hall–Kier alpha value is -4.36. The monoisotopic (exact) mass is 517 g/mol. The lowest BCUT2D eigenvalue weighted by molar-refractivity contribution is 0.598. The third-order valence-electron chi connectivity index (χ3n) is 8.90. The Morgan fingerprint density at radius 3 is 2.25 bits per heavy atom. The molecule has 0 spiro atoms. The molecule has 0 fully saturated rings. The van der Waals surface area contributed by atoms with Crippen LogP contribution in [0.5, 0.6) is 0 Å². The molecule has 0 radical (unpaired) electrons. The molecule has 2 unspecified atom stereocenters. The maximum atomic E-state index is 2.44. The number of aryl methyl sites for hydroxylation is 2. The third-order valence-corrected chi connectivity index (χ3v) is 8.90. The highest BCUT2D eigenvalue weighted by Crippen LogP contribution is 2.46. The van der Waals surface area contributed by atoms with Crippen molar-refractivity contribution in [3.05, 3.63) is 155 Å². The molecule has 0 saturated carbocycles. The van der Waals surface area contributed by atoms with Gasteiger partial charge in [0, 0.05) is 34.7 Å². The lowest BCUT2D eigenvalue weighted by Gasteiger charge is -2.20. The van der Waals surface area contributed by atoms with Crippen molar-refractivity contribution in [3.63, 3.8) is 0 Å². The second-order valence-corrected chi connectivity index (χ2v) is 11.5. The third kappa shape index (κ3) is 4.09. The van der Waals surface area contributed by atoms with E-state index >= 15 is 0 Å². The van der Waals surface area contributed by atoms with Gasteiger partial charge in [-0.15, -0.1) is 0 Å². The van der Waals surface area contributed by atoms with Crippen LogP contribution in [0, 0.1) is 25.7 Å². The molecule has 1 heterocycles. The van der Waals surface area contributed by atoms with E-state index in [1.807, 2.05) is 0 Å². The zero-order valence-electron chi connectivity index (χ0n) is 23.6. The smallest absolute Gasteiger partial charge is 0.0540 e. The van der Waals surface area contributed by atoms with Crippen molar-refractivity contribution in [1.29, 1.82) is 0 Å². The number of hydrogen-bond donors (Lipinski definition) is 0. The van der Waals surface area contributed by atoms with Crippen molar-refractivity contribution in [2.45, 2.75) is 33.6 Å². The van der Waals surface area contributed by atoms with E-state index in [9.17, 15) is 0 Å². The van der Waals surface area contributed by atoms with Gasteiger partial charge in [0.15, 0.2) is 0 Å². The molecular weight excluding hydrogens is 482 g/mol. The summed E-state index contributed by atoms with van der Waals surface area (Å²) in [5, 5.41) is 1.36. The van der Waals surface area contributed by atoms with Gasteiger partial charge in [0.2, 0.25) is 0 Å². The minimum atomic E-state index is 0.598. The van der Waals surface area contributed by atoms with Crippen LogP contribution >= 0.6 is 0 Å². The highest BCUT2D eigenvalue weighted by Gasteiger charge is 2.31. The number of aromatic nitrogens is 1. The van der Waals surface area contributed by atoms with Crippen LogP contribution in [0.1, 0.15) is 41.3 Å². The average Bonchev–Trinajstić information content (AvgIpc) is 3.61. The van der Waals surface area contributed by atoms with Crippen molar-refractivity contribution in [2.24, 2.45) is 11.8 Å². The van der Waals surface area contributed by atoms with Gasteiger partial charge in [-0.3, -0.25) is 0 Å². The van der Waals surface area contributed by atoms with Crippen LogP contribution in [-0.2, 0) is 6.42 Å². The van der Waals surface area contributed by atoms with Gasteiger partial charge in [-0.05, 0) is 84.7 Å². The number of para-hydroxylation sites is 1. The molecular formula is C39H35N. The number of benzene rings is 4. The summed E-state index contributed by atoms with van der Waals surface area (Å²) >= 11 is 0. The van der Waals surface area contributed by atoms with Gasteiger partial charge in [0.25, 0.3) is 0 Å². The van der Waals surface area contributed by atoms with E-state index in [0.717, 1.165) is 6.42 Å². The fourth-order valence-corrected chi connectivity index (χ4v) is 7.08. The minimum Gasteiger partial charge on any atom is -0.313 e. The summed E-state index contributed by atoms with van der Waals surface area (Å²) < 4.78 is 2.44. The Kier molecular flexibility index (Phi) is 6.16. The second kappa shape index (κ2) is 9.99. The molecule has 40 heavy (non-hydrogen) atoms. The SMILES string of the molecule is CC1=C(c2ccccc2C)C2C=CC=CC2C1.Cc1ccc2c3c(n(-c4ccccc4)c2c1)Cc1ccccc1-3. The van der Waals surface area contributed by atoms with E-state index in [0.29, 0.717) is 11.8 Å². The summed E-state index contributed by atoms with van der Waals surface area (Å²) in [5.41, 5.74) is 15.5. The summed E-state index contributed by atoms with van der Waals surface area (Å²) in [4.78, 5) is 0. The van der Waals surface area contributed by atoms with Crippen LogP contribution in [-0.4, -0.2) is 4.57 Å². The molecule has 5 aromatic rings. The summed E-state index contributed by atoms with van der Waals surface area (Å²) in [6.45, 7) is 6.67. The normalized spacial score (nSPS) is 18.4. The van der Waals surface area contributed by atoms with Crippen LogP contribution in [0.15, 0.2) is 127 Å². The second-order valence-electron chi connectivity index (χ2n) is 11.5. The summed E-state index contributed by atoms with van der Waals surface area (Å²) in [6, 6.07) is 35.1. The van der Waals surface area contributed by atoms with E-state index in [4.69, 9.17) is 0 Å². The van der Waals surface area contributed by atoms with Crippen molar-refractivity contribution >= 4 is 16.5 Å². The van der Waals surface area contributed by atoms with E-state index in [1.165, 1.54) is 62.1 Å². The van der Waals surface area contributed by atoms with Crippen molar-refractivity contribution in [1.82, 2.24) is 4.57 Å². The molecule has 0 saturated heterocycles. The summed E-state index contributed by atoms with van der Waals surface area (Å²) in [5.74, 6) is 1.29. The molecule has 196 valence electrons. The van der Waals surface area contributed by atoms with Gasteiger partial charge >= 0.3 is 0 Å². The Bertz CT molecular complexity index is 1830. The number of allylic oxidation sites excluding steroid dienone is 6. The fraction of sp³-hybridized carbons (Fsp3) is 0.179. The van der Waals surface area contributed by atoms with E-state index in [2.05, 4.69) is 147 Å². The van der Waals surface area contributed by atoms with Gasteiger partial charge in [0.05, 0.1) is 5.52 Å². The van der Waals surface area contributed by atoms with Crippen molar-refractivity contribution < 1.29 is 0 Å². The Morgan fingerprint density at radius 1 is 0.700 bits per heavy atom. The van der Waals surface area contributed by atoms with Crippen LogP contribution < -0.4 is 0 Å². The van der Waals surface area contributed by atoms with Crippen LogP contribution in [0.3, 0.4) is 0 Å². The molecule has 3 aliphatic rings. The number of fused-ring (bicyclic) bond motifs is 6. The van der Waals surface area contributed by atoms with Crippen LogP contribution in [0.4, 0.5) is 0 Å². The Balaban J connectivity index is 0.000000139. The quantitative estimate of drug-likeness (QED) is 0.215. The first kappa shape index (κ1) is 24.7. The predicted octanol–water partition coefficient (Wildman–Crippen LogP) is 10.0. The summed E-state index contributed by atoms with van der Waals surface area (Å²) in [6.07, 6.45) is 11.3. The molecule has 0 N–H and O–H groups in total. The van der Waals surface area contributed by atoms with Crippen LogP contribution in [0.25, 0.3) is 33.3 Å². The lowest BCUT2D eigenvalue weighted by Crippen LogP contribution is -2.08. The standard InChI is InChI=1S/C22H17N.C17H18/c1-15-11-12-19-20(13-15)23(17-8-3-2-4-9-17)21-14-16-7-5-6-10-18(16)22(19)21;1-12-7-3-5-9-15(12)17-13(2)11-14-8-4-6-10-16(14)17/h2-13H,14H2,1H3;3-10,14,16H,11H2,1-2H3. The molecule has 0 bridgehead atoms. The first-order valence-electron chi connectivity index (χ1n) is 14.5. The molecule has 1 heteroatoms. The number of nitrogens with zero attached hydrogens (tertiary/aromatic N) is 1. The van der Waals surface area contributed by atoms with E-state index in [1.54, 1.807) is 11.1 Å². The van der Waals surface area contributed by atoms with Crippen molar-refractivity contribution in [2.75, 3.05) is 0 Å². The zero-order chi connectivity index (χ0) is 27.2. The molecule has 2 atom stereocenters. The molecule has 3 aliphatic carbocycles. The van der Waals surface area contributed by atoms with Crippen LogP contribution in [0.2, 0.25) is 0 Å². The average molecular weight is 518 g/mol. The maximum absolute atomic E-state index is 2.44. The van der Waals surface area contributed by atoms with E-state index in [-0.39, 0.29) is 0 Å². The zero-order valence-corrected chi connectivity index (χ0v) is 23.6. The number of hydrogen-bond acceptors (Lipinski definition) is 0. The Labute approximate surface area is 237 Å². The number of rotatable bonds is 2. The molecule has 1 nitrogen and oxygen atoms in total. The van der Waals surface area contributed by atoms with Gasteiger partial charge in [0.1, 0.15) is 0 Å². The van der Waals surface area contributed by atoms with Crippen molar-refractivity contribution in [3.8, 4) is 16.8 Å². The van der Waals surface area contributed by atoms with Gasteiger partial charge in [-0.25, -0.2) is 0 Å². The Morgan fingerprint density at radius 2 is 1.43 bits per heavy atom. The van der Waals surface area contributed by atoms with Gasteiger partial charge in [-0.1, -0.05) is 109 Å². The lowest BCUT2D eigenvalue weighted by atomic mass is 9.84. The summed E-state index contributed by atoms with van der Waals surface area (Å²) in [7, 11) is 0. The molecule has 8 rings (SSSR count). The van der Waals surface area contributed by atoms with E-state index < -0.39 is 0 Å². The minimum absolute atomic E-state index is 0.598. The molecule has 1 aromatic heterocycles. The topological polar surface area (TPSA) is 4.93 Å². The highest BCUT2D eigenvalue weighted by molar-refractivity contribution is 6.02. The fourth-order valence-electron chi connectivity index (χ4n) is 7.08. The molecule has 0 amide bonds. The van der Waals surface area contributed by atoms with Gasteiger partial charge in [-0.2, -0.15) is 0 Å². The predicted molar refractivity (Wildman–Crippen MR) is 170 cm³/mol.